The number of hydrogen-bond donors (Lipinski definition) is 0. The highest BCUT2D eigenvalue weighted by Crippen LogP contribution is 2.05. The van der Waals surface area contributed by atoms with Crippen molar-refractivity contribution in [3.63, 3.8) is 0 Å². The quantitative estimate of drug-likeness (QED) is 0.402. The van der Waals surface area contributed by atoms with Crippen molar-refractivity contribution in [1.82, 2.24) is 10.2 Å². The molecular formula is C3H3N3O3. The van der Waals surface area contributed by atoms with Crippen LogP contribution in [0.3, 0.4) is 0 Å². The van der Waals surface area contributed by atoms with Gasteiger partial charge in [-0.05, 0) is 0 Å². The second-order valence-corrected chi connectivity index (χ2v) is 1.36. The van der Waals surface area contributed by atoms with Crippen molar-refractivity contribution >= 4 is 6.01 Å². The van der Waals surface area contributed by atoms with Crippen LogP contribution < -0.4 is 0 Å². The van der Waals surface area contributed by atoms with Gasteiger partial charge in [-0.15, -0.1) is 0 Å². The first-order valence-electron chi connectivity index (χ1n) is 2.14. The van der Waals surface area contributed by atoms with Gasteiger partial charge < -0.3 is 14.5 Å². The molecule has 0 aliphatic heterocycles. The third-order valence-corrected chi connectivity index (χ3v) is 0.672. The van der Waals surface area contributed by atoms with Gasteiger partial charge in [0.1, 0.15) is 5.10 Å². The molecule has 0 aliphatic rings. The van der Waals surface area contributed by atoms with Gasteiger partial charge >= 0.3 is 6.01 Å². The van der Waals surface area contributed by atoms with Crippen LogP contribution >= 0.6 is 0 Å². The van der Waals surface area contributed by atoms with Crippen LogP contribution in [-0.2, 0) is 0 Å². The van der Waals surface area contributed by atoms with Gasteiger partial charge in [-0.3, -0.25) is 0 Å². The Morgan fingerprint density at radius 2 is 2.33 bits per heavy atom. The fraction of sp³-hybridized carbons (Fsp3) is 0.333. The molecule has 6 nitrogen and oxygen atoms in total. The Kier molecular flexibility index (Phi) is 1.14. The summed E-state index contributed by atoms with van der Waals surface area (Å²) in [7, 11) is 0. The predicted molar refractivity (Wildman–Crippen MR) is 25.7 cm³/mol. The zero-order valence-corrected chi connectivity index (χ0v) is 4.57. The van der Waals surface area contributed by atoms with E-state index in [1.165, 1.54) is 6.92 Å². The van der Waals surface area contributed by atoms with E-state index in [1.54, 1.807) is 0 Å². The SMILES string of the molecule is Cc1nnc([N+](=O)[O-])o1. The first-order valence-corrected chi connectivity index (χ1v) is 2.14. The number of hydrogen-bond acceptors (Lipinski definition) is 5. The molecule has 0 fully saturated rings. The summed E-state index contributed by atoms with van der Waals surface area (Å²) in [5.74, 6) is 0.196. The summed E-state index contributed by atoms with van der Waals surface area (Å²) in [6.45, 7) is 1.49. The maximum absolute atomic E-state index is 9.82. The van der Waals surface area contributed by atoms with Gasteiger partial charge in [-0.2, -0.15) is 0 Å². The van der Waals surface area contributed by atoms with Crippen LogP contribution in [-0.4, -0.2) is 15.1 Å². The van der Waals surface area contributed by atoms with Gasteiger partial charge in [0, 0.05) is 16.9 Å². The zero-order valence-electron chi connectivity index (χ0n) is 4.57. The summed E-state index contributed by atoms with van der Waals surface area (Å²) in [5.41, 5.74) is 0. The molecule has 0 saturated carbocycles. The summed E-state index contributed by atoms with van der Waals surface area (Å²) >= 11 is 0. The number of nitro groups is 1. The van der Waals surface area contributed by atoms with E-state index in [2.05, 4.69) is 14.6 Å². The van der Waals surface area contributed by atoms with Crippen LogP contribution in [0.1, 0.15) is 5.89 Å². The monoisotopic (exact) mass is 129 g/mol. The molecule has 48 valence electrons. The molecule has 1 rings (SSSR count). The average Bonchev–Trinajstić information content (AvgIpc) is 2.14. The topological polar surface area (TPSA) is 82.1 Å². The summed E-state index contributed by atoms with van der Waals surface area (Å²) < 4.78 is 4.42. The predicted octanol–water partition coefficient (Wildman–Crippen LogP) is 0.286. The van der Waals surface area contributed by atoms with Crippen LogP contribution in [0, 0.1) is 17.0 Å². The molecule has 0 bridgehead atoms. The molecular weight excluding hydrogens is 126 g/mol. The maximum atomic E-state index is 9.82. The average molecular weight is 129 g/mol. The van der Waals surface area contributed by atoms with Crippen LogP contribution in [0.25, 0.3) is 0 Å². The highest BCUT2D eigenvalue weighted by molar-refractivity contribution is 4.91. The van der Waals surface area contributed by atoms with Crippen molar-refractivity contribution in [3.8, 4) is 0 Å². The summed E-state index contributed by atoms with van der Waals surface area (Å²) in [5, 5.41) is 16.2. The Hall–Kier alpha value is -1.46. The molecule has 1 aromatic heterocycles. The van der Waals surface area contributed by atoms with Crippen molar-refractivity contribution in [3.05, 3.63) is 16.0 Å². The lowest BCUT2D eigenvalue weighted by atomic mass is 10.8. The zero-order chi connectivity index (χ0) is 6.85. The van der Waals surface area contributed by atoms with Gasteiger partial charge in [0.15, 0.2) is 0 Å². The van der Waals surface area contributed by atoms with E-state index in [1.807, 2.05) is 0 Å². The van der Waals surface area contributed by atoms with Crippen molar-refractivity contribution in [2.45, 2.75) is 6.92 Å². The lowest BCUT2D eigenvalue weighted by Gasteiger charge is -1.79. The summed E-state index contributed by atoms with van der Waals surface area (Å²) in [4.78, 5) is 9.09. The smallest absolute Gasteiger partial charge is 0.366 e. The second kappa shape index (κ2) is 1.81. The van der Waals surface area contributed by atoms with Gasteiger partial charge in [0.05, 0.1) is 0 Å². The van der Waals surface area contributed by atoms with Crippen LogP contribution in [0.2, 0.25) is 0 Å². The molecule has 0 unspecified atom stereocenters. The third-order valence-electron chi connectivity index (χ3n) is 0.672. The molecule has 0 saturated heterocycles. The molecule has 1 heterocycles. The first kappa shape index (κ1) is 5.67. The van der Waals surface area contributed by atoms with E-state index in [-0.39, 0.29) is 5.89 Å². The van der Waals surface area contributed by atoms with Crippen molar-refractivity contribution < 1.29 is 9.34 Å². The Balaban J connectivity index is 2.98. The minimum Gasteiger partial charge on any atom is -0.366 e. The molecule has 9 heavy (non-hydrogen) atoms. The fourth-order valence-corrected chi connectivity index (χ4v) is 0.360. The number of aryl methyl sites for hydroxylation is 1. The molecule has 0 aliphatic carbocycles. The summed E-state index contributed by atoms with van der Waals surface area (Å²) in [6, 6.07) is -0.562. The van der Waals surface area contributed by atoms with Crippen molar-refractivity contribution in [2.24, 2.45) is 0 Å². The highest BCUT2D eigenvalue weighted by Gasteiger charge is 2.13. The molecule has 0 N–H and O–H groups in total. The highest BCUT2D eigenvalue weighted by atomic mass is 16.7. The van der Waals surface area contributed by atoms with Crippen LogP contribution in [0.15, 0.2) is 4.42 Å². The number of nitrogens with zero attached hydrogens (tertiary/aromatic N) is 3. The molecule has 0 spiro atoms. The van der Waals surface area contributed by atoms with E-state index in [9.17, 15) is 10.1 Å². The maximum Gasteiger partial charge on any atom is 0.571 e. The minimum atomic E-state index is -0.736. The van der Waals surface area contributed by atoms with E-state index >= 15 is 0 Å². The van der Waals surface area contributed by atoms with E-state index in [0.29, 0.717) is 0 Å². The minimum absolute atomic E-state index is 0.196. The van der Waals surface area contributed by atoms with Gasteiger partial charge in [-0.1, -0.05) is 0 Å². The Labute approximate surface area is 49.7 Å². The third kappa shape index (κ3) is 1.01. The van der Waals surface area contributed by atoms with Gasteiger partial charge in [-0.25, -0.2) is 0 Å². The second-order valence-electron chi connectivity index (χ2n) is 1.36. The largest absolute Gasteiger partial charge is 0.571 e. The molecule has 0 aromatic carbocycles. The normalized spacial score (nSPS) is 9.44. The Bertz CT molecular complexity index is 230. The van der Waals surface area contributed by atoms with E-state index in [4.69, 9.17) is 0 Å². The molecule has 1 aromatic rings. The lowest BCUT2D eigenvalue weighted by molar-refractivity contribution is -0.407. The van der Waals surface area contributed by atoms with Gasteiger partial charge in [0.25, 0.3) is 0 Å². The van der Waals surface area contributed by atoms with E-state index < -0.39 is 10.9 Å². The Morgan fingerprint density at radius 1 is 1.67 bits per heavy atom. The number of rotatable bonds is 1. The van der Waals surface area contributed by atoms with Gasteiger partial charge in [0.2, 0.25) is 5.89 Å². The summed E-state index contributed by atoms with van der Waals surface area (Å²) in [6.07, 6.45) is 0. The van der Waals surface area contributed by atoms with Crippen molar-refractivity contribution in [1.29, 1.82) is 0 Å². The van der Waals surface area contributed by atoms with Crippen molar-refractivity contribution in [2.75, 3.05) is 0 Å². The molecule has 6 heteroatoms. The van der Waals surface area contributed by atoms with Crippen LogP contribution in [0.5, 0.6) is 0 Å². The molecule has 0 amide bonds. The van der Waals surface area contributed by atoms with E-state index in [0.717, 1.165) is 0 Å². The lowest BCUT2D eigenvalue weighted by Crippen LogP contribution is -1.86. The first-order chi connectivity index (χ1) is 4.20. The molecule has 0 radical (unpaired) electrons. The fourth-order valence-electron chi connectivity index (χ4n) is 0.360. The standard InChI is InChI=1S/C3H3N3O3/c1-2-4-5-3(9-2)6(7)8/h1H3. The Morgan fingerprint density at radius 3 is 2.56 bits per heavy atom. The van der Waals surface area contributed by atoms with Crippen LogP contribution in [0.4, 0.5) is 6.01 Å². The number of aromatic nitrogens is 2. The molecule has 0 atom stereocenters.